The maximum absolute atomic E-state index is 12.0. The summed E-state index contributed by atoms with van der Waals surface area (Å²) in [6.45, 7) is 0. The summed E-state index contributed by atoms with van der Waals surface area (Å²) in [7, 11) is 0. The zero-order chi connectivity index (χ0) is 13.8. The fourth-order valence-electron chi connectivity index (χ4n) is 2.01. The number of anilines is 1. The number of carbonyl (C=O) groups is 2. The first-order valence-corrected chi connectivity index (χ1v) is 5.82. The molecule has 1 aromatic rings. The number of hydrogen-bond donors (Lipinski definition) is 3. The number of nitrogens with zero attached hydrogens (tertiary/aromatic N) is 1. The highest BCUT2D eigenvalue weighted by Crippen LogP contribution is 2.26. The Kier molecular flexibility index (Phi) is 3.74. The molecule has 1 aliphatic rings. The molecule has 1 aromatic heterocycles. The fourth-order valence-corrected chi connectivity index (χ4v) is 2.01. The van der Waals surface area contributed by atoms with Crippen molar-refractivity contribution in [3.63, 3.8) is 0 Å². The average molecular weight is 263 g/mol. The van der Waals surface area contributed by atoms with Crippen molar-refractivity contribution >= 4 is 17.7 Å². The van der Waals surface area contributed by atoms with Crippen LogP contribution < -0.4 is 10.9 Å². The molecule has 0 aliphatic heterocycles. The van der Waals surface area contributed by atoms with Crippen molar-refractivity contribution in [3.05, 3.63) is 34.6 Å². The molecular formula is C12H13N3O4. The molecular weight excluding hydrogens is 250 g/mol. The highest BCUT2D eigenvalue weighted by molar-refractivity contribution is 5.94. The van der Waals surface area contributed by atoms with Gasteiger partial charge < -0.3 is 10.4 Å². The minimum atomic E-state index is -0.987. The largest absolute Gasteiger partial charge is 0.481 e. The van der Waals surface area contributed by atoms with Gasteiger partial charge in [0.25, 0.3) is 5.56 Å². The number of H-pyrrole nitrogens is 1. The van der Waals surface area contributed by atoms with Crippen molar-refractivity contribution in [2.45, 2.75) is 12.8 Å². The van der Waals surface area contributed by atoms with Crippen LogP contribution in [0.2, 0.25) is 0 Å². The summed E-state index contributed by atoms with van der Waals surface area (Å²) in [5, 5.41) is 17.4. The van der Waals surface area contributed by atoms with E-state index in [9.17, 15) is 14.4 Å². The molecule has 7 nitrogen and oxygen atoms in total. The molecule has 0 aromatic carbocycles. The average Bonchev–Trinajstić information content (AvgIpc) is 2.41. The predicted octanol–water partition coefficient (Wildman–Crippen LogP) is 0.375. The SMILES string of the molecule is O=C(O)[C@H]1CC=CC[C@H]1C(=O)Nc1ccc(=O)[nH]n1. The number of carboxylic acids is 1. The third kappa shape index (κ3) is 3.06. The van der Waals surface area contributed by atoms with Gasteiger partial charge in [-0.15, -0.1) is 0 Å². The van der Waals surface area contributed by atoms with Crippen LogP contribution in [0.15, 0.2) is 29.1 Å². The van der Waals surface area contributed by atoms with Crippen LogP contribution in [0.4, 0.5) is 5.82 Å². The van der Waals surface area contributed by atoms with Crippen LogP contribution in [0.3, 0.4) is 0 Å². The van der Waals surface area contributed by atoms with Gasteiger partial charge >= 0.3 is 5.97 Å². The molecule has 7 heteroatoms. The standard InChI is InChI=1S/C12H13N3O4/c16-10-6-5-9(14-15-10)13-11(17)7-3-1-2-4-8(7)12(18)19/h1-2,5-8H,3-4H2,(H,15,16)(H,18,19)(H,13,14,17)/t7-,8+/m1/s1. The van der Waals surface area contributed by atoms with E-state index in [2.05, 4.69) is 15.5 Å². The zero-order valence-corrected chi connectivity index (χ0v) is 10.00. The number of rotatable bonds is 3. The van der Waals surface area contributed by atoms with Crippen LogP contribution in [0.25, 0.3) is 0 Å². The second-order valence-electron chi connectivity index (χ2n) is 4.29. The maximum Gasteiger partial charge on any atom is 0.307 e. The molecule has 0 spiro atoms. The highest BCUT2D eigenvalue weighted by atomic mass is 16.4. The summed E-state index contributed by atoms with van der Waals surface area (Å²) in [5.74, 6) is -2.55. The number of aromatic nitrogens is 2. The number of carboxylic acid groups (broad SMARTS) is 1. The van der Waals surface area contributed by atoms with E-state index in [1.54, 1.807) is 12.2 Å². The van der Waals surface area contributed by atoms with Crippen LogP contribution in [-0.4, -0.2) is 27.2 Å². The Morgan fingerprint density at radius 3 is 2.53 bits per heavy atom. The van der Waals surface area contributed by atoms with Crippen LogP contribution in [-0.2, 0) is 9.59 Å². The molecule has 2 atom stereocenters. The molecule has 19 heavy (non-hydrogen) atoms. The van der Waals surface area contributed by atoms with E-state index in [1.165, 1.54) is 12.1 Å². The molecule has 0 unspecified atom stereocenters. The summed E-state index contributed by atoms with van der Waals surface area (Å²) in [5.41, 5.74) is -0.373. The molecule has 0 fully saturated rings. The van der Waals surface area contributed by atoms with Crippen molar-refractivity contribution in [3.8, 4) is 0 Å². The van der Waals surface area contributed by atoms with Crippen LogP contribution in [0, 0.1) is 11.8 Å². The lowest BCUT2D eigenvalue weighted by Gasteiger charge is -2.23. The second-order valence-corrected chi connectivity index (χ2v) is 4.29. The molecule has 1 amide bonds. The Morgan fingerprint density at radius 1 is 1.26 bits per heavy atom. The minimum Gasteiger partial charge on any atom is -0.481 e. The molecule has 0 radical (unpaired) electrons. The topological polar surface area (TPSA) is 112 Å². The molecule has 3 N–H and O–H groups in total. The molecule has 0 bridgehead atoms. The summed E-state index contributed by atoms with van der Waals surface area (Å²) in [4.78, 5) is 33.9. The Labute approximate surface area is 108 Å². The fraction of sp³-hybridized carbons (Fsp3) is 0.333. The lowest BCUT2D eigenvalue weighted by atomic mass is 9.82. The van der Waals surface area contributed by atoms with Crippen molar-refractivity contribution in [2.75, 3.05) is 5.32 Å². The number of carbonyl (C=O) groups excluding carboxylic acids is 1. The number of allylic oxidation sites excluding steroid dienone is 2. The van der Waals surface area contributed by atoms with E-state index >= 15 is 0 Å². The number of aromatic amines is 1. The first-order valence-electron chi connectivity index (χ1n) is 5.82. The Bertz CT molecular complexity index is 558. The van der Waals surface area contributed by atoms with Crippen LogP contribution >= 0.6 is 0 Å². The minimum absolute atomic E-state index is 0.197. The van der Waals surface area contributed by atoms with Gasteiger partial charge in [-0.1, -0.05) is 12.2 Å². The van der Waals surface area contributed by atoms with Gasteiger partial charge in [-0.05, 0) is 18.9 Å². The summed E-state index contributed by atoms with van der Waals surface area (Å²) in [6, 6.07) is 2.60. The van der Waals surface area contributed by atoms with Gasteiger partial charge in [0.05, 0.1) is 11.8 Å². The van der Waals surface area contributed by atoms with E-state index < -0.39 is 23.7 Å². The summed E-state index contributed by atoms with van der Waals surface area (Å²) < 4.78 is 0. The lowest BCUT2D eigenvalue weighted by molar-refractivity contribution is -0.146. The van der Waals surface area contributed by atoms with Crippen molar-refractivity contribution in [1.82, 2.24) is 10.2 Å². The van der Waals surface area contributed by atoms with Gasteiger partial charge in [-0.25, -0.2) is 5.10 Å². The number of amides is 1. The molecule has 0 saturated carbocycles. The molecule has 1 heterocycles. The Morgan fingerprint density at radius 2 is 1.95 bits per heavy atom. The Hall–Kier alpha value is -2.44. The van der Waals surface area contributed by atoms with E-state index in [0.29, 0.717) is 12.8 Å². The maximum atomic E-state index is 12.0. The zero-order valence-electron chi connectivity index (χ0n) is 10.00. The third-order valence-corrected chi connectivity index (χ3v) is 3.02. The monoisotopic (exact) mass is 263 g/mol. The van der Waals surface area contributed by atoms with Gasteiger partial charge in [-0.2, -0.15) is 5.10 Å². The van der Waals surface area contributed by atoms with E-state index in [4.69, 9.17) is 5.11 Å². The predicted molar refractivity (Wildman–Crippen MR) is 66.5 cm³/mol. The van der Waals surface area contributed by atoms with Gasteiger partial charge in [0.15, 0.2) is 5.82 Å². The van der Waals surface area contributed by atoms with Crippen LogP contribution in [0.5, 0.6) is 0 Å². The number of aliphatic carboxylic acids is 1. The smallest absolute Gasteiger partial charge is 0.307 e. The normalized spacial score (nSPS) is 21.9. The second kappa shape index (κ2) is 5.47. The molecule has 100 valence electrons. The van der Waals surface area contributed by atoms with E-state index in [-0.39, 0.29) is 11.4 Å². The van der Waals surface area contributed by atoms with Crippen molar-refractivity contribution in [2.24, 2.45) is 11.8 Å². The van der Waals surface area contributed by atoms with Crippen molar-refractivity contribution in [1.29, 1.82) is 0 Å². The molecule has 1 aliphatic carbocycles. The number of nitrogens with one attached hydrogen (secondary N) is 2. The molecule has 0 saturated heterocycles. The van der Waals surface area contributed by atoms with Gasteiger partial charge in [0.1, 0.15) is 0 Å². The quantitative estimate of drug-likeness (QED) is 0.682. The van der Waals surface area contributed by atoms with Gasteiger partial charge in [0.2, 0.25) is 5.91 Å². The van der Waals surface area contributed by atoms with Gasteiger partial charge in [0, 0.05) is 6.07 Å². The van der Waals surface area contributed by atoms with E-state index in [0.717, 1.165) is 0 Å². The summed E-state index contributed by atoms with van der Waals surface area (Å²) >= 11 is 0. The van der Waals surface area contributed by atoms with Crippen LogP contribution in [0.1, 0.15) is 12.8 Å². The Balaban J connectivity index is 2.10. The molecule has 2 rings (SSSR count). The first-order chi connectivity index (χ1) is 9.08. The van der Waals surface area contributed by atoms with E-state index in [1.807, 2.05) is 0 Å². The van der Waals surface area contributed by atoms with Crippen molar-refractivity contribution < 1.29 is 14.7 Å². The first kappa shape index (κ1) is 13.0. The lowest BCUT2D eigenvalue weighted by Crippen LogP contribution is -2.35. The third-order valence-electron chi connectivity index (χ3n) is 3.02. The van der Waals surface area contributed by atoms with Gasteiger partial charge in [-0.3, -0.25) is 14.4 Å². The number of hydrogen-bond acceptors (Lipinski definition) is 4. The highest BCUT2D eigenvalue weighted by Gasteiger charge is 2.34. The summed E-state index contributed by atoms with van der Waals surface area (Å²) in [6.07, 6.45) is 4.28.